The van der Waals surface area contributed by atoms with Gasteiger partial charge in [0, 0.05) is 13.0 Å². The van der Waals surface area contributed by atoms with Crippen molar-refractivity contribution in [2.24, 2.45) is 5.92 Å². The zero-order valence-electron chi connectivity index (χ0n) is 14.9. The molecule has 0 bridgehead atoms. The molecular weight excluding hydrogens is 316 g/mol. The minimum absolute atomic E-state index is 0.0733. The van der Waals surface area contributed by atoms with Crippen molar-refractivity contribution >= 4 is 18.0 Å². The summed E-state index contributed by atoms with van der Waals surface area (Å²) in [5.41, 5.74) is -1.77. The molecule has 2 amide bonds. The average Bonchev–Trinajstić information content (AvgIpc) is 2.97. The molecule has 136 valence electrons. The number of hydrogen-bond donors (Lipinski definition) is 1. The molecule has 8 heteroatoms. The molecule has 0 aromatic carbocycles. The third-order valence-corrected chi connectivity index (χ3v) is 4.23. The Balaban J connectivity index is 2.10. The molecule has 2 aliphatic heterocycles. The van der Waals surface area contributed by atoms with Crippen LogP contribution in [0.2, 0.25) is 0 Å². The van der Waals surface area contributed by atoms with Gasteiger partial charge in [0.2, 0.25) is 0 Å². The smallest absolute Gasteiger partial charge is 0.410 e. The molecule has 0 saturated carbocycles. The average molecular weight is 342 g/mol. The van der Waals surface area contributed by atoms with Crippen LogP contribution in [0.3, 0.4) is 0 Å². The maximum Gasteiger partial charge on any atom is 0.410 e. The summed E-state index contributed by atoms with van der Waals surface area (Å²) in [6.45, 7) is 9.17. The first kappa shape index (κ1) is 18.5. The fourth-order valence-electron chi connectivity index (χ4n) is 3.12. The Morgan fingerprint density at radius 1 is 1.33 bits per heavy atom. The van der Waals surface area contributed by atoms with Gasteiger partial charge >= 0.3 is 12.1 Å². The maximum absolute atomic E-state index is 12.8. The number of carbonyl (C=O) groups excluding carboxylic acids is 2. The molecule has 8 nitrogen and oxygen atoms in total. The lowest BCUT2D eigenvalue weighted by atomic mass is 9.98. The summed E-state index contributed by atoms with van der Waals surface area (Å²) in [6.07, 6.45) is -0.153. The van der Waals surface area contributed by atoms with E-state index in [1.54, 1.807) is 34.6 Å². The van der Waals surface area contributed by atoms with Gasteiger partial charge in [0.05, 0.1) is 6.54 Å². The highest BCUT2D eigenvalue weighted by molar-refractivity contribution is 5.92. The Hall–Kier alpha value is -1.83. The Labute approximate surface area is 141 Å². The maximum atomic E-state index is 12.8. The highest BCUT2D eigenvalue weighted by atomic mass is 16.6. The molecule has 0 radical (unpaired) electrons. The predicted octanol–water partition coefficient (Wildman–Crippen LogP) is 1.29. The van der Waals surface area contributed by atoms with Gasteiger partial charge in [0.1, 0.15) is 18.4 Å². The second-order valence-electron chi connectivity index (χ2n) is 7.72. The molecule has 1 N–H and O–H groups in total. The van der Waals surface area contributed by atoms with Gasteiger partial charge in [-0.1, -0.05) is 13.8 Å². The van der Waals surface area contributed by atoms with E-state index in [0.717, 1.165) is 0 Å². The lowest BCUT2D eigenvalue weighted by Gasteiger charge is -2.28. The van der Waals surface area contributed by atoms with Crippen LogP contribution < -0.4 is 0 Å². The first-order valence-electron chi connectivity index (χ1n) is 8.12. The molecule has 2 rings (SSSR count). The number of likely N-dealkylation sites (tertiary alicyclic amines) is 1. The number of carboxylic acids is 1. The molecule has 2 aliphatic rings. The molecule has 2 fully saturated rings. The second-order valence-corrected chi connectivity index (χ2v) is 7.72. The van der Waals surface area contributed by atoms with Crippen LogP contribution in [0.15, 0.2) is 0 Å². The number of hydrogen-bond acceptors (Lipinski definition) is 5. The van der Waals surface area contributed by atoms with Crippen molar-refractivity contribution in [3.8, 4) is 0 Å². The summed E-state index contributed by atoms with van der Waals surface area (Å²) in [7, 11) is 0. The molecule has 0 aliphatic carbocycles. The molecule has 0 aromatic rings. The summed E-state index contributed by atoms with van der Waals surface area (Å²) in [6, 6.07) is -0.938. The van der Waals surface area contributed by atoms with E-state index in [4.69, 9.17) is 9.47 Å². The van der Waals surface area contributed by atoms with Gasteiger partial charge < -0.3 is 24.4 Å². The van der Waals surface area contributed by atoms with Crippen molar-refractivity contribution in [2.45, 2.75) is 58.3 Å². The number of rotatable bonds is 3. The van der Waals surface area contributed by atoms with Crippen LogP contribution in [0.5, 0.6) is 0 Å². The Kier molecular flexibility index (Phi) is 4.81. The summed E-state index contributed by atoms with van der Waals surface area (Å²) in [5.74, 6) is -1.66. The number of carboxylic acid groups (broad SMARTS) is 1. The standard InChI is InChI=1S/C16H26N2O6/c1-10(2)11(12(19)20)18-9-23-16(13(18)21)6-7-17(8-16)14(22)24-15(3,4)5/h10-11H,6-9H2,1-5H3,(H,19,20)/t11-,16+/m0/s1. The summed E-state index contributed by atoms with van der Waals surface area (Å²) < 4.78 is 11.0. The quantitative estimate of drug-likeness (QED) is 0.830. The zero-order valence-corrected chi connectivity index (χ0v) is 14.9. The molecule has 2 atom stereocenters. The Bertz CT molecular complexity index is 541. The van der Waals surface area contributed by atoms with Crippen molar-refractivity contribution in [1.29, 1.82) is 0 Å². The zero-order chi connectivity index (χ0) is 18.3. The fraction of sp³-hybridized carbons (Fsp3) is 0.812. The summed E-state index contributed by atoms with van der Waals surface area (Å²) in [5, 5.41) is 9.39. The van der Waals surface area contributed by atoms with E-state index in [2.05, 4.69) is 0 Å². The molecule has 1 spiro atoms. The van der Waals surface area contributed by atoms with Crippen LogP contribution in [0.25, 0.3) is 0 Å². The van der Waals surface area contributed by atoms with Crippen molar-refractivity contribution < 1.29 is 29.0 Å². The number of nitrogens with zero attached hydrogens (tertiary/aromatic N) is 2. The molecule has 2 heterocycles. The second kappa shape index (κ2) is 6.23. The Morgan fingerprint density at radius 2 is 1.96 bits per heavy atom. The normalized spacial score (nSPS) is 25.7. The third kappa shape index (κ3) is 3.48. The summed E-state index contributed by atoms with van der Waals surface area (Å²) >= 11 is 0. The first-order valence-corrected chi connectivity index (χ1v) is 8.12. The molecular formula is C16H26N2O6. The van der Waals surface area contributed by atoms with Gasteiger partial charge in [-0.25, -0.2) is 9.59 Å². The summed E-state index contributed by atoms with van der Waals surface area (Å²) in [4.78, 5) is 39.1. The first-order chi connectivity index (χ1) is 11.0. The number of ether oxygens (including phenoxy) is 2. The van der Waals surface area contributed by atoms with Crippen molar-refractivity contribution in [1.82, 2.24) is 9.80 Å². The van der Waals surface area contributed by atoms with Crippen molar-refractivity contribution in [2.75, 3.05) is 19.8 Å². The molecule has 0 aromatic heterocycles. The topological polar surface area (TPSA) is 96.4 Å². The molecule has 2 saturated heterocycles. The number of aliphatic carboxylic acids is 1. The number of amides is 2. The van der Waals surface area contributed by atoms with Crippen LogP contribution in [0, 0.1) is 5.92 Å². The van der Waals surface area contributed by atoms with Crippen LogP contribution in [-0.4, -0.2) is 69.9 Å². The largest absolute Gasteiger partial charge is 0.480 e. The van der Waals surface area contributed by atoms with Crippen LogP contribution in [0.4, 0.5) is 4.79 Å². The molecule has 24 heavy (non-hydrogen) atoms. The van der Waals surface area contributed by atoms with E-state index in [-0.39, 0.29) is 25.1 Å². The van der Waals surface area contributed by atoms with Crippen LogP contribution in [-0.2, 0) is 19.1 Å². The lowest BCUT2D eigenvalue weighted by molar-refractivity contribution is -0.151. The van der Waals surface area contributed by atoms with Gasteiger partial charge in [-0.3, -0.25) is 4.79 Å². The SMILES string of the molecule is CC(C)[C@@H](C(=O)O)N1CO[C@@]2(CCN(C(=O)OC(C)(C)C)C2)C1=O. The van der Waals surface area contributed by atoms with Gasteiger partial charge in [-0.05, 0) is 26.7 Å². The highest BCUT2D eigenvalue weighted by Crippen LogP contribution is 2.35. The van der Waals surface area contributed by atoms with Crippen LogP contribution in [0.1, 0.15) is 41.0 Å². The van der Waals surface area contributed by atoms with Gasteiger partial charge in [0.15, 0.2) is 5.60 Å². The highest BCUT2D eigenvalue weighted by Gasteiger charge is 2.56. The monoisotopic (exact) mass is 342 g/mol. The third-order valence-electron chi connectivity index (χ3n) is 4.23. The van der Waals surface area contributed by atoms with E-state index in [0.29, 0.717) is 13.0 Å². The Morgan fingerprint density at radius 3 is 2.46 bits per heavy atom. The minimum atomic E-state index is -1.15. The minimum Gasteiger partial charge on any atom is -0.480 e. The van der Waals surface area contributed by atoms with E-state index in [9.17, 15) is 19.5 Å². The van der Waals surface area contributed by atoms with E-state index in [1.165, 1.54) is 9.80 Å². The van der Waals surface area contributed by atoms with Gasteiger partial charge in [-0.2, -0.15) is 0 Å². The van der Waals surface area contributed by atoms with E-state index < -0.39 is 29.3 Å². The lowest BCUT2D eigenvalue weighted by Crippen LogP contribution is -2.51. The van der Waals surface area contributed by atoms with E-state index in [1.807, 2.05) is 0 Å². The van der Waals surface area contributed by atoms with Crippen LogP contribution >= 0.6 is 0 Å². The number of carbonyl (C=O) groups is 3. The van der Waals surface area contributed by atoms with Gasteiger partial charge in [0.25, 0.3) is 5.91 Å². The van der Waals surface area contributed by atoms with Gasteiger partial charge in [-0.15, -0.1) is 0 Å². The van der Waals surface area contributed by atoms with Crippen molar-refractivity contribution in [3.63, 3.8) is 0 Å². The molecule has 0 unspecified atom stereocenters. The fourth-order valence-corrected chi connectivity index (χ4v) is 3.12. The predicted molar refractivity (Wildman–Crippen MR) is 84.2 cm³/mol. The van der Waals surface area contributed by atoms with E-state index >= 15 is 0 Å². The van der Waals surface area contributed by atoms with Crippen molar-refractivity contribution in [3.05, 3.63) is 0 Å².